The third kappa shape index (κ3) is 2.13. The zero-order valence-corrected chi connectivity index (χ0v) is 10.8. The molecule has 0 unspecified atom stereocenters. The minimum Gasteiger partial charge on any atom is -0.599 e. The molecule has 0 atom stereocenters. The molecule has 0 saturated carbocycles. The molecule has 2 heterocycles. The molecule has 1 aromatic carbocycles. The molecule has 0 aliphatic carbocycles. The second-order valence-corrected chi connectivity index (χ2v) is 4.45. The molecule has 1 aromatic heterocycles. The smallest absolute Gasteiger partial charge is 0.599 e. The van der Waals surface area contributed by atoms with Crippen LogP contribution in [-0.4, -0.2) is 14.1 Å². The van der Waals surface area contributed by atoms with Gasteiger partial charge in [0.2, 0.25) is 0 Å². The van der Waals surface area contributed by atoms with E-state index in [1.807, 2.05) is 0 Å². The molecule has 2 aromatic rings. The molecule has 1 aliphatic rings. The van der Waals surface area contributed by atoms with E-state index in [1.165, 1.54) is 6.20 Å². The molecule has 20 heavy (non-hydrogen) atoms. The zero-order valence-electron chi connectivity index (χ0n) is 10.8. The predicted octanol–water partition coefficient (Wildman–Crippen LogP) is 2.73. The van der Waals surface area contributed by atoms with Crippen LogP contribution in [0.5, 0.6) is 5.75 Å². The highest BCUT2D eigenvalue weighted by atomic mass is 19.3. The van der Waals surface area contributed by atoms with Crippen LogP contribution in [0.15, 0.2) is 48.7 Å². The van der Waals surface area contributed by atoms with E-state index in [0.717, 1.165) is 4.48 Å². The van der Waals surface area contributed by atoms with Gasteiger partial charge in [-0.05, 0) is 30.3 Å². The van der Waals surface area contributed by atoms with Gasteiger partial charge in [-0.15, -0.1) is 0 Å². The summed E-state index contributed by atoms with van der Waals surface area (Å²) in [6.45, 7) is 0. The zero-order chi connectivity index (χ0) is 14.2. The quantitative estimate of drug-likeness (QED) is 0.786. The normalized spacial score (nSPS) is 15.8. The number of nitrogens with zero attached hydrogens (tertiary/aromatic N) is 1. The Balaban J connectivity index is 2.05. The van der Waals surface area contributed by atoms with Gasteiger partial charge < -0.3 is 22.5 Å². The van der Waals surface area contributed by atoms with Crippen molar-refractivity contribution in [3.05, 3.63) is 59.9 Å². The lowest BCUT2D eigenvalue weighted by atomic mass is 9.98. The third-order valence-corrected chi connectivity index (χ3v) is 3.17. The minimum absolute atomic E-state index is 0.156. The number of aromatic nitrogens is 1. The highest BCUT2D eigenvalue weighted by Gasteiger charge is 2.49. The van der Waals surface area contributed by atoms with Crippen molar-refractivity contribution in [3.63, 3.8) is 0 Å². The van der Waals surface area contributed by atoms with Crippen molar-refractivity contribution in [1.82, 2.24) is 0 Å². The molecule has 0 saturated heterocycles. The summed E-state index contributed by atoms with van der Waals surface area (Å²) in [5.41, 5.74) is 0.997. The lowest BCUT2D eigenvalue weighted by molar-refractivity contribution is -0.583. The fraction of sp³-hybridized carbons (Fsp3) is 0.0714. The van der Waals surface area contributed by atoms with Gasteiger partial charge in [-0.2, -0.15) is 0 Å². The number of pyridine rings is 1. The Labute approximate surface area is 115 Å². The van der Waals surface area contributed by atoms with Crippen molar-refractivity contribution in [2.24, 2.45) is 0 Å². The van der Waals surface area contributed by atoms with Crippen molar-refractivity contribution in [3.8, 4) is 5.75 Å². The molecule has 0 amide bonds. The van der Waals surface area contributed by atoms with Gasteiger partial charge in [0.15, 0.2) is 5.69 Å². The van der Waals surface area contributed by atoms with Gasteiger partial charge in [0, 0.05) is 17.7 Å². The van der Waals surface area contributed by atoms with E-state index in [0.29, 0.717) is 17.0 Å². The van der Waals surface area contributed by atoms with Crippen LogP contribution in [0.1, 0.15) is 11.3 Å². The maximum absolute atomic E-state index is 14.0. The van der Waals surface area contributed by atoms with E-state index in [2.05, 4.69) is 0 Å². The second kappa shape index (κ2) is 4.63. The molecule has 0 N–H and O–H groups in total. The van der Waals surface area contributed by atoms with Gasteiger partial charge in [0.05, 0.1) is 12.9 Å². The molecule has 0 bridgehead atoms. The summed E-state index contributed by atoms with van der Waals surface area (Å²) in [6, 6.07) is 11.7. The number of fused-ring (bicyclic) bond motifs is 1. The third-order valence-electron chi connectivity index (χ3n) is 3.17. The maximum Gasteiger partial charge on any atom is 0.834 e. The van der Waals surface area contributed by atoms with Crippen molar-refractivity contribution in [2.45, 2.75) is 0 Å². The SMILES string of the molecule is COc1ccc(C2=Cc3cccc[n+]3[B-](F)(F)O2)cc1. The molecule has 0 spiro atoms. The van der Waals surface area contributed by atoms with Gasteiger partial charge >= 0.3 is 7.04 Å². The number of hydrogen-bond donors (Lipinski definition) is 0. The summed E-state index contributed by atoms with van der Waals surface area (Å²) >= 11 is 0. The van der Waals surface area contributed by atoms with Crippen molar-refractivity contribution >= 4 is 18.9 Å². The summed E-state index contributed by atoms with van der Waals surface area (Å²) in [6.07, 6.45) is 2.91. The molecule has 0 radical (unpaired) electrons. The molecule has 1 aliphatic heterocycles. The Hall–Kier alpha value is -2.37. The number of benzene rings is 1. The van der Waals surface area contributed by atoms with Crippen molar-refractivity contribution in [2.75, 3.05) is 7.11 Å². The maximum atomic E-state index is 14.0. The van der Waals surface area contributed by atoms with Crippen LogP contribution in [0.3, 0.4) is 0 Å². The Morgan fingerprint density at radius 3 is 2.55 bits per heavy atom. The molecule has 3 nitrogen and oxygen atoms in total. The highest BCUT2D eigenvalue weighted by Crippen LogP contribution is 2.28. The molecule has 3 rings (SSSR count). The van der Waals surface area contributed by atoms with Crippen LogP contribution in [-0.2, 0) is 4.65 Å². The number of halogens is 2. The minimum atomic E-state index is -4.10. The first-order chi connectivity index (χ1) is 9.60. The van der Waals surface area contributed by atoms with Gasteiger partial charge in [0.1, 0.15) is 11.9 Å². The topological polar surface area (TPSA) is 22.3 Å². The van der Waals surface area contributed by atoms with Gasteiger partial charge in [-0.3, -0.25) is 0 Å². The van der Waals surface area contributed by atoms with Crippen LogP contribution >= 0.6 is 0 Å². The Kier molecular flexibility index (Phi) is 2.93. The Morgan fingerprint density at radius 2 is 1.85 bits per heavy atom. The first-order valence-corrected chi connectivity index (χ1v) is 6.17. The number of hydrogen-bond acceptors (Lipinski definition) is 2. The first kappa shape index (κ1) is 12.7. The average Bonchev–Trinajstić information content (AvgIpc) is 2.47. The molecule has 0 fully saturated rings. The molecule has 102 valence electrons. The molecular formula is C14H12BF2NO2. The summed E-state index contributed by atoms with van der Waals surface area (Å²) in [5, 5.41) is 0. The van der Waals surface area contributed by atoms with Gasteiger partial charge in [0.25, 0.3) is 0 Å². The predicted molar refractivity (Wildman–Crippen MR) is 72.0 cm³/mol. The van der Waals surface area contributed by atoms with E-state index in [9.17, 15) is 8.63 Å². The van der Waals surface area contributed by atoms with Crippen LogP contribution in [0, 0.1) is 0 Å². The lowest BCUT2D eigenvalue weighted by Crippen LogP contribution is -2.63. The molecular weight excluding hydrogens is 263 g/mol. The number of rotatable bonds is 2. The van der Waals surface area contributed by atoms with Crippen LogP contribution in [0.25, 0.3) is 11.8 Å². The summed E-state index contributed by atoms with van der Waals surface area (Å²) in [5.74, 6) is 0.820. The van der Waals surface area contributed by atoms with Crippen LogP contribution in [0.4, 0.5) is 8.63 Å². The lowest BCUT2D eigenvalue weighted by Gasteiger charge is -2.27. The fourth-order valence-electron chi connectivity index (χ4n) is 2.15. The summed E-state index contributed by atoms with van der Waals surface area (Å²) in [7, 11) is -2.55. The van der Waals surface area contributed by atoms with E-state index in [-0.39, 0.29) is 5.76 Å². The van der Waals surface area contributed by atoms with E-state index in [4.69, 9.17) is 9.39 Å². The number of ether oxygens (including phenoxy) is 1. The monoisotopic (exact) mass is 275 g/mol. The van der Waals surface area contributed by atoms with Gasteiger partial charge in [-0.1, -0.05) is 6.07 Å². The molecule has 6 heteroatoms. The van der Waals surface area contributed by atoms with E-state index >= 15 is 0 Å². The van der Waals surface area contributed by atoms with E-state index in [1.54, 1.807) is 55.7 Å². The van der Waals surface area contributed by atoms with E-state index < -0.39 is 7.04 Å². The standard InChI is InChI=1S/C14H12BF2NO2/c1-19-13-7-5-11(6-8-13)14-10-12-4-2-3-9-18(12)15(16,17)20-14/h2-10H,1H3. The first-order valence-electron chi connectivity index (χ1n) is 6.17. The fourth-order valence-corrected chi connectivity index (χ4v) is 2.15. The second-order valence-electron chi connectivity index (χ2n) is 4.45. The largest absolute Gasteiger partial charge is 0.834 e. The van der Waals surface area contributed by atoms with Gasteiger partial charge in [-0.25, -0.2) is 0 Å². The van der Waals surface area contributed by atoms with Crippen molar-refractivity contribution in [1.29, 1.82) is 0 Å². The summed E-state index contributed by atoms with van der Waals surface area (Å²) in [4.78, 5) is 0. The Morgan fingerprint density at radius 1 is 1.10 bits per heavy atom. The average molecular weight is 275 g/mol. The van der Waals surface area contributed by atoms with Crippen LogP contribution < -0.4 is 9.21 Å². The number of methoxy groups -OCH3 is 1. The Bertz CT molecular complexity index is 671. The van der Waals surface area contributed by atoms with Crippen LogP contribution in [0.2, 0.25) is 0 Å². The summed E-state index contributed by atoms with van der Waals surface area (Å²) < 4.78 is 38.8. The highest BCUT2D eigenvalue weighted by molar-refractivity contribution is 6.51. The van der Waals surface area contributed by atoms with Crippen molar-refractivity contribution < 1.29 is 22.5 Å².